The van der Waals surface area contributed by atoms with Gasteiger partial charge in [-0.05, 0) is 17.2 Å². The third-order valence-corrected chi connectivity index (χ3v) is 2.05. The fourth-order valence-corrected chi connectivity index (χ4v) is 0.935. The summed E-state index contributed by atoms with van der Waals surface area (Å²) < 4.78 is 4.97. The normalized spacial score (nSPS) is 12.5. The lowest BCUT2D eigenvalue weighted by molar-refractivity contribution is -0.118. The minimum atomic E-state index is -1.07. The van der Waals surface area contributed by atoms with Crippen LogP contribution >= 0.6 is 23.2 Å². The van der Waals surface area contributed by atoms with E-state index < -0.39 is 10.8 Å². The third-order valence-electron chi connectivity index (χ3n) is 1.42. The molecule has 1 aromatic rings. The molecule has 0 spiro atoms. The molecule has 2 nitrogen and oxygen atoms in total. The second kappa shape index (κ2) is 5.22. The van der Waals surface area contributed by atoms with E-state index in [1.165, 1.54) is 0 Å². The van der Waals surface area contributed by atoms with E-state index in [4.69, 9.17) is 27.9 Å². The molecule has 0 radical (unpaired) electrons. The van der Waals surface area contributed by atoms with Crippen molar-refractivity contribution >= 4 is 28.4 Å². The van der Waals surface area contributed by atoms with Crippen molar-refractivity contribution in [2.24, 2.45) is 0 Å². The number of carbonyl (C=O) groups is 1. The van der Waals surface area contributed by atoms with E-state index in [1.54, 1.807) is 0 Å². The lowest BCUT2D eigenvalue weighted by Crippen LogP contribution is -2.12. The second-order valence-electron chi connectivity index (χ2n) is 2.42. The molecule has 0 fully saturated rings. The highest BCUT2D eigenvalue weighted by atomic mass is 35.5. The molecule has 0 aliphatic heterocycles. The fraction of sp³-hybridized carbons (Fsp3) is 0.222. The van der Waals surface area contributed by atoms with Crippen LogP contribution in [0.4, 0.5) is 0 Å². The van der Waals surface area contributed by atoms with Crippen LogP contribution in [0.15, 0.2) is 30.3 Å². The SMILES string of the molecule is O=C(Cl)C(Cl)OCc1ccccc1. The Morgan fingerprint density at radius 1 is 1.38 bits per heavy atom. The summed E-state index contributed by atoms with van der Waals surface area (Å²) in [7, 11) is 0. The van der Waals surface area contributed by atoms with Crippen molar-refractivity contribution in [2.75, 3.05) is 0 Å². The molecule has 0 heterocycles. The van der Waals surface area contributed by atoms with Gasteiger partial charge in [-0.3, -0.25) is 4.79 Å². The van der Waals surface area contributed by atoms with Gasteiger partial charge in [0.25, 0.3) is 5.24 Å². The zero-order valence-electron chi connectivity index (χ0n) is 6.74. The van der Waals surface area contributed by atoms with Crippen molar-refractivity contribution in [3.63, 3.8) is 0 Å². The second-order valence-corrected chi connectivity index (χ2v) is 3.19. The van der Waals surface area contributed by atoms with Crippen molar-refractivity contribution in [3.8, 4) is 0 Å². The molecule has 1 atom stereocenters. The van der Waals surface area contributed by atoms with Crippen LogP contribution < -0.4 is 0 Å². The Hall–Kier alpha value is -0.570. The average molecular weight is 219 g/mol. The van der Waals surface area contributed by atoms with Crippen molar-refractivity contribution in [3.05, 3.63) is 35.9 Å². The molecule has 4 heteroatoms. The Kier molecular flexibility index (Phi) is 4.22. The molecule has 0 N–H and O–H groups in total. The first kappa shape index (κ1) is 10.5. The number of ether oxygens (including phenoxy) is 1. The van der Waals surface area contributed by atoms with Crippen LogP contribution in [0.5, 0.6) is 0 Å². The predicted molar refractivity (Wildman–Crippen MR) is 51.7 cm³/mol. The minimum absolute atomic E-state index is 0.285. The quantitative estimate of drug-likeness (QED) is 0.574. The highest BCUT2D eigenvalue weighted by Crippen LogP contribution is 2.08. The van der Waals surface area contributed by atoms with E-state index in [9.17, 15) is 4.79 Å². The summed E-state index contributed by atoms with van der Waals surface area (Å²) in [4.78, 5) is 10.5. The van der Waals surface area contributed by atoms with Gasteiger partial charge in [0.15, 0.2) is 0 Å². The maximum Gasteiger partial charge on any atom is 0.265 e. The molecule has 0 bridgehead atoms. The van der Waals surface area contributed by atoms with Crippen LogP contribution in [-0.4, -0.2) is 10.8 Å². The number of hydrogen-bond donors (Lipinski definition) is 0. The summed E-state index contributed by atoms with van der Waals surface area (Å²) in [6, 6.07) is 9.41. The summed E-state index contributed by atoms with van der Waals surface area (Å²) in [5, 5.41) is -0.697. The van der Waals surface area contributed by atoms with E-state index in [2.05, 4.69) is 0 Å². The largest absolute Gasteiger partial charge is 0.349 e. The molecule has 0 aliphatic rings. The van der Waals surface area contributed by atoms with Gasteiger partial charge in [-0.15, -0.1) is 0 Å². The molecular weight excluding hydrogens is 211 g/mol. The van der Waals surface area contributed by atoms with Gasteiger partial charge >= 0.3 is 0 Å². The molecule has 70 valence electrons. The van der Waals surface area contributed by atoms with Gasteiger partial charge in [-0.25, -0.2) is 0 Å². The zero-order chi connectivity index (χ0) is 9.68. The van der Waals surface area contributed by atoms with Gasteiger partial charge < -0.3 is 4.74 Å². The van der Waals surface area contributed by atoms with Crippen molar-refractivity contribution < 1.29 is 9.53 Å². The molecular formula is C9H8Cl2O2. The highest BCUT2D eigenvalue weighted by Gasteiger charge is 2.11. The Balaban J connectivity index is 2.39. The molecule has 0 amide bonds. The smallest absolute Gasteiger partial charge is 0.265 e. The average Bonchev–Trinajstić information content (AvgIpc) is 2.15. The molecule has 1 unspecified atom stereocenters. The molecule has 13 heavy (non-hydrogen) atoms. The van der Waals surface area contributed by atoms with Gasteiger partial charge in [0.05, 0.1) is 6.61 Å². The molecule has 0 aliphatic carbocycles. The lowest BCUT2D eigenvalue weighted by atomic mass is 10.2. The summed E-state index contributed by atoms with van der Waals surface area (Å²) in [5.41, 5.74) is -0.118. The number of rotatable bonds is 4. The first-order valence-electron chi connectivity index (χ1n) is 3.69. The number of carbonyl (C=O) groups excluding carboxylic acids is 1. The van der Waals surface area contributed by atoms with Gasteiger partial charge in [0.2, 0.25) is 5.56 Å². The molecule has 0 saturated heterocycles. The summed E-state index contributed by atoms with van der Waals surface area (Å²) in [5.74, 6) is 0. The van der Waals surface area contributed by atoms with Crippen molar-refractivity contribution in [1.82, 2.24) is 0 Å². The number of hydrogen-bond acceptors (Lipinski definition) is 2. The summed E-state index contributed by atoms with van der Waals surface area (Å²) in [6.45, 7) is 0.285. The summed E-state index contributed by atoms with van der Waals surface area (Å²) >= 11 is 10.6. The molecule has 0 saturated carbocycles. The van der Waals surface area contributed by atoms with E-state index in [-0.39, 0.29) is 6.61 Å². The van der Waals surface area contributed by atoms with Gasteiger partial charge in [-0.2, -0.15) is 0 Å². The standard InChI is InChI=1S/C9H8Cl2O2/c10-8(12)9(11)13-6-7-4-2-1-3-5-7/h1-5,9H,6H2. The van der Waals surface area contributed by atoms with Crippen molar-refractivity contribution in [2.45, 2.75) is 12.2 Å². The zero-order valence-corrected chi connectivity index (χ0v) is 8.26. The van der Waals surface area contributed by atoms with Crippen LogP contribution in [0.1, 0.15) is 5.56 Å². The molecule has 0 aromatic heterocycles. The van der Waals surface area contributed by atoms with Gasteiger partial charge in [-0.1, -0.05) is 41.9 Å². The van der Waals surface area contributed by atoms with Crippen molar-refractivity contribution in [1.29, 1.82) is 0 Å². The molecule has 1 rings (SSSR count). The van der Waals surface area contributed by atoms with E-state index in [0.717, 1.165) is 5.56 Å². The Morgan fingerprint density at radius 2 is 2.00 bits per heavy atom. The van der Waals surface area contributed by atoms with Crippen LogP contribution in [-0.2, 0) is 16.1 Å². The van der Waals surface area contributed by atoms with Crippen LogP contribution in [0.3, 0.4) is 0 Å². The van der Waals surface area contributed by atoms with Crippen LogP contribution in [0, 0.1) is 0 Å². The predicted octanol–water partition coefficient (Wildman–Crippen LogP) is 2.53. The van der Waals surface area contributed by atoms with E-state index in [0.29, 0.717) is 0 Å². The fourth-order valence-electron chi connectivity index (χ4n) is 0.809. The summed E-state index contributed by atoms with van der Waals surface area (Å²) in [6.07, 6.45) is 0. The monoisotopic (exact) mass is 218 g/mol. The molecule has 1 aromatic carbocycles. The van der Waals surface area contributed by atoms with Crippen LogP contribution in [0.2, 0.25) is 0 Å². The van der Waals surface area contributed by atoms with Gasteiger partial charge in [0, 0.05) is 0 Å². The Morgan fingerprint density at radius 3 is 2.54 bits per heavy atom. The highest BCUT2D eigenvalue weighted by molar-refractivity contribution is 6.68. The topological polar surface area (TPSA) is 26.3 Å². The van der Waals surface area contributed by atoms with E-state index in [1.807, 2.05) is 30.3 Å². The minimum Gasteiger partial charge on any atom is -0.349 e. The maximum atomic E-state index is 10.5. The third kappa shape index (κ3) is 3.77. The number of alkyl halides is 1. The first-order chi connectivity index (χ1) is 6.20. The van der Waals surface area contributed by atoms with E-state index >= 15 is 0 Å². The first-order valence-corrected chi connectivity index (χ1v) is 4.50. The Bertz CT molecular complexity index is 274. The van der Waals surface area contributed by atoms with Gasteiger partial charge in [0.1, 0.15) is 0 Å². The number of halogens is 2. The maximum absolute atomic E-state index is 10.5. The lowest BCUT2D eigenvalue weighted by Gasteiger charge is -2.05. The number of benzene rings is 1. The Labute approximate surface area is 86.4 Å². The van der Waals surface area contributed by atoms with Crippen LogP contribution in [0.25, 0.3) is 0 Å².